The van der Waals surface area contributed by atoms with Crippen molar-refractivity contribution in [2.45, 2.75) is 0 Å². The fourth-order valence-electron chi connectivity index (χ4n) is 1.03. The second kappa shape index (κ2) is 5.27. The first-order valence-corrected chi connectivity index (χ1v) is 4.19. The minimum absolute atomic E-state index is 0.587. The molecule has 0 spiro atoms. The van der Waals surface area contributed by atoms with E-state index in [1.54, 1.807) is 0 Å². The van der Waals surface area contributed by atoms with Crippen LogP contribution in [0.5, 0.6) is 0 Å². The third kappa shape index (κ3) is 2.83. The van der Waals surface area contributed by atoms with E-state index in [9.17, 15) is 4.91 Å². The normalized spacial score (nSPS) is 9.62. The van der Waals surface area contributed by atoms with E-state index in [1.165, 1.54) is 5.01 Å². The molecule has 4 heteroatoms. The van der Waals surface area contributed by atoms with Crippen LogP contribution in [0.15, 0.2) is 35.6 Å². The van der Waals surface area contributed by atoms with Crippen LogP contribution < -0.4 is 10.3 Å². The lowest BCUT2D eigenvalue weighted by atomic mass is 10.3. The van der Waals surface area contributed by atoms with Gasteiger partial charge < -0.3 is 5.32 Å². The third-order valence-corrected chi connectivity index (χ3v) is 1.73. The summed E-state index contributed by atoms with van der Waals surface area (Å²) >= 11 is 0. The molecule has 0 aliphatic rings. The Morgan fingerprint density at radius 2 is 2.08 bits per heavy atom. The Balaban J connectivity index is 2.61. The van der Waals surface area contributed by atoms with Crippen LogP contribution in [0.1, 0.15) is 0 Å². The number of nitrogens with zero attached hydrogens (tertiary/aromatic N) is 2. The number of nitrogens with one attached hydrogen (secondary N) is 1. The largest absolute Gasteiger partial charge is 0.318 e. The number of likely N-dealkylation sites (N-methyl/N-ethyl adjacent to an activating group) is 1. The Morgan fingerprint density at radius 1 is 1.38 bits per heavy atom. The first-order chi connectivity index (χ1) is 6.38. The standard InChI is InChI=1S/C9H13N3O/c1-10-7-8-12(11-13)9-5-3-2-4-6-9/h2-6,10H,7-8H2,1H3. The summed E-state index contributed by atoms with van der Waals surface area (Å²) in [6.07, 6.45) is 0. The molecule has 1 aromatic rings. The summed E-state index contributed by atoms with van der Waals surface area (Å²) in [4.78, 5) is 10.5. The Morgan fingerprint density at radius 3 is 2.62 bits per heavy atom. The minimum atomic E-state index is 0.587. The highest BCUT2D eigenvalue weighted by molar-refractivity contribution is 5.44. The van der Waals surface area contributed by atoms with Crippen molar-refractivity contribution in [3.8, 4) is 0 Å². The van der Waals surface area contributed by atoms with E-state index in [0.717, 1.165) is 12.2 Å². The molecular formula is C9H13N3O. The van der Waals surface area contributed by atoms with Gasteiger partial charge in [0, 0.05) is 6.54 Å². The van der Waals surface area contributed by atoms with Gasteiger partial charge in [-0.2, -0.15) is 0 Å². The predicted molar refractivity (Wildman–Crippen MR) is 53.5 cm³/mol. The molecule has 0 atom stereocenters. The van der Waals surface area contributed by atoms with Gasteiger partial charge in [0.15, 0.2) is 0 Å². The lowest BCUT2D eigenvalue weighted by Crippen LogP contribution is -2.25. The number of hydrogen-bond donors (Lipinski definition) is 1. The lowest BCUT2D eigenvalue weighted by Gasteiger charge is -2.14. The number of hydrogen-bond acceptors (Lipinski definition) is 3. The molecule has 0 saturated heterocycles. The maximum Gasteiger partial charge on any atom is 0.0626 e. The first kappa shape index (κ1) is 9.67. The van der Waals surface area contributed by atoms with Gasteiger partial charge in [-0.25, -0.2) is 5.01 Å². The topological polar surface area (TPSA) is 44.7 Å². The quantitative estimate of drug-likeness (QED) is 0.548. The van der Waals surface area contributed by atoms with E-state index < -0.39 is 0 Å². The van der Waals surface area contributed by atoms with E-state index in [-0.39, 0.29) is 0 Å². The van der Waals surface area contributed by atoms with Gasteiger partial charge in [0.25, 0.3) is 0 Å². The van der Waals surface area contributed by atoms with E-state index in [1.807, 2.05) is 37.4 Å². The summed E-state index contributed by atoms with van der Waals surface area (Å²) in [5.74, 6) is 0. The van der Waals surface area contributed by atoms with Crippen LogP contribution in [-0.4, -0.2) is 20.1 Å². The first-order valence-electron chi connectivity index (χ1n) is 4.19. The summed E-state index contributed by atoms with van der Waals surface area (Å²) in [7, 11) is 1.84. The molecule has 0 amide bonds. The molecule has 4 nitrogen and oxygen atoms in total. The van der Waals surface area contributed by atoms with Crippen LogP contribution in [0.25, 0.3) is 0 Å². The highest BCUT2D eigenvalue weighted by Crippen LogP contribution is 2.12. The van der Waals surface area contributed by atoms with E-state index in [4.69, 9.17) is 0 Å². The van der Waals surface area contributed by atoms with Gasteiger partial charge in [-0.3, -0.25) is 0 Å². The van der Waals surface area contributed by atoms with Gasteiger partial charge in [0.1, 0.15) is 0 Å². The van der Waals surface area contributed by atoms with Gasteiger partial charge in [0.05, 0.1) is 17.5 Å². The number of rotatable bonds is 5. The van der Waals surface area contributed by atoms with Crippen molar-refractivity contribution in [1.29, 1.82) is 0 Å². The third-order valence-electron chi connectivity index (χ3n) is 1.73. The number of nitroso groups, excluding NO2 is 1. The molecule has 0 fully saturated rings. The van der Waals surface area contributed by atoms with E-state index >= 15 is 0 Å². The highest BCUT2D eigenvalue weighted by atomic mass is 16.3. The molecular weight excluding hydrogens is 166 g/mol. The second-order valence-corrected chi connectivity index (χ2v) is 2.64. The second-order valence-electron chi connectivity index (χ2n) is 2.64. The van der Waals surface area contributed by atoms with Crippen molar-refractivity contribution in [2.24, 2.45) is 5.29 Å². The summed E-state index contributed by atoms with van der Waals surface area (Å²) in [6.45, 7) is 1.32. The zero-order valence-corrected chi connectivity index (χ0v) is 7.60. The smallest absolute Gasteiger partial charge is 0.0626 e. The molecule has 13 heavy (non-hydrogen) atoms. The van der Waals surface area contributed by atoms with Crippen LogP contribution in [-0.2, 0) is 0 Å². The molecule has 0 bridgehead atoms. The van der Waals surface area contributed by atoms with Crippen molar-refractivity contribution >= 4 is 5.69 Å². The maximum atomic E-state index is 10.5. The molecule has 1 rings (SSSR count). The molecule has 70 valence electrons. The summed E-state index contributed by atoms with van der Waals surface area (Å²) in [5.41, 5.74) is 0.827. The minimum Gasteiger partial charge on any atom is -0.318 e. The van der Waals surface area contributed by atoms with Crippen molar-refractivity contribution in [3.63, 3.8) is 0 Å². The molecule has 0 radical (unpaired) electrons. The van der Waals surface area contributed by atoms with Gasteiger partial charge in [-0.1, -0.05) is 18.2 Å². The fourth-order valence-corrected chi connectivity index (χ4v) is 1.03. The van der Waals surface area contributed by atoms with E-state index in [2.05, 4.69) is 10.6 Å². The Labute approximate surface area is 77.5 Å². The summed E-state index contributed by atoms with van der Waals surface area (Å²) in [6, 6.07) is 9.39. The van der Waals surface area contributed by atoms with Crippen LogP contribution in [0, 0.1) is 4.91 Å². The molecule has 1 N–H and O–H groups in total. The molecule has 0 saturated carbocycles. The number of anilines is 1. The molecule has 0 aromatic heterocycles. The average molecular weight is 179 g/mol. The maximum absolute atomic E-state index is 10.5. The summed E-state index contributed by atoms with van der Waals surface area (Å²) in [5, 5.41) is 7.33. The Hall–Kier alpha value is -1.42. The monoisotopic (exact) mass is 179 g/mol. The molecule has 0 heterocycles. The average Bonchev–Trinajstić information content (AvgIpc) is 2.21. The van der Waals surface area contributed by atoms with E-state index in [0.29, 0.717) is 6.54 Å². The van der Waals surface area contributed by atoms with Gasteiger partial charge >= 0.3 is 0 Å². The predicted octanol–water partition coefficient (Wildman–Crippen LogP) is 1.39. The van der Waals surface area contributed by atoms with Crippen LogP contribution in [0.4, 0.5) is 5.69 Å². The zero-order chi connectivity index (χ0) is 9.52. The van der Waals surface area contributed by atoms with Crippen LogP contribution in [0.3, 0.4) is 0 Å². The molecule has 0 aliphatic carbocycles. The Kier molecular flexibility index (Phi) is 3.92. The lowest BCUT2D eigenvalue weighted by molar-refractivity contribution is 0.741. The van der Waals surface area contributed by atoms with Crippen molar-refractivity contribution < 1.29 is 0 Å². The highest BCUT2D eigenvalue weighted by Gasteiger charge is 2.03. The fraction of sp³-hybridized carbons (Fsp3) is 0.333. The zero-order valence-electron chi connectivity index (χ0n) is 7.60. The summed E-state index contributed by atoms with van der Waals surface area (Å²) < 4.78 is 0. The molecule has 0 unspecified atom stereocenters. The number of para-hydroxylation sites is 1. The van der Waals surface area contributed by atoms with Gasteiger partial charge in [0.2, 0.25) is 0 Å². The van der Waals surface area contributed by atoms with Crippen LogP contribution >= 0.6 is 0 Å². The van der Waals surface area contributed by atoms with Gasteiger partial charge in [-0.15, -0.1) is 4.91 Å². The molecule has 1 aromatic carbocycles. The van der Waals surface area contributed by atoms with Gasteiger partial charge in [-0.05, 0) is 19.2 Å². The SMILES string of the molecule is CNCCN(N=O)c1ccccc1. The number of benzene rings is 1. The van der Waals surface area contributed by atoms with Crippen molar-refractivity contribution in [3.05, 3.63) is 35.2 Å². The van der Waals surface area contributed by atoms with Crippen LogP contribution in [0.2, 0.25) is 0 Å². The van der Waals surface area contributed by atoms with Crippen molar-refractivity contribution in [2.75, 3.05) is 25.1 Å². The Bertz CT molecular complexity index is 250. The van der Waals surface area contributed by atoms with Crippen molar-refractivity contribution in [1.82, 2.24) is 5.32 Å². The molecule has 0 aliphatic heterocycles.